The zero-order valence-electron chi connectivity index (χ0n) is 17.3. The van der Waals surface area contributed by atoms with Crippen molar-refractivity contribution in [1.29, 1.82) is 0 Å². The van der Waals surface area contributed by atoms with Gasteiger partial charge in [-0.3, -0.25) is 0 Å². The molecule has 134 valence electrons. The lowest BCUT2D eigenvalue weighted by Gasteiger charge is -2.38. The lowest BCUT2D eigenvalue weighted by atomic mass is 9.66. The predicted octanol–water partition coefficient (Wildman–Crippen LogP) is 7.22. The number of allylic oxidation sites excluding steroid dienone is 6. The first-order valence-corrected chi connectivity index (χ1v) is 9.64. The minimum absolute atomic E-state index is 0.138. The van der Waals surface area contributed by atoms with Gasteiger partial charge in [0.1, 0.15) is 0 Å². The van der Waals surface area contributed by atoms with Gasteiger partial charge in [-0.2, -0.15) is 0 Å². The third kappa shape index (κ3) is 3.41. The van der Waals surface area contributed by atoms with Crippen molar-refractivity contribution in [3.63, 3.8) is 0 Å². The van der Waals surface area contributed by atoms with Gasteiger partial charge < -0.3 is 0 Å². The lowest BCUT2D eigenvalue weighted by molar-refractivity contribution is 0.408. The summed E-state index contributed by atoms with van der Waals surface area (Å²) in [6.45, 7) is 18.7. The highest BCUT2D eigenvalue weighted by atomic mass is 14.4. The first kappa shape index (κ1) is 18.2. The molecule has 0 spiro atoms. The molecule has 0 heteroatoms. The molecule has 0 fully saturated rings. The molecule has 0 radical (unpaired) electrons. The van der Waals surface area contributed by atoms with E-state index in [9.17, 15) is 0 Å². The highest BCUT2D eigenvalue weighted by Gasteiger charge is 2.36. The molecule has 0 amide bonds. The molecule has 0 saturated carbocycles. The molecule has 0 N–H and O–H groups in total. The van der Waals surface area contributed by atoms with Crippen LogP contribution in [-0.4, -0.2) is 0 Å². The van der Waals surface area contributed by atoms with E-state index in [1.807, 2.05) is 0 Å². The van der Waals surface area contributed by atoms with Gasteiger partial charge in [-0.1, -0.05) is 97.9 Å². The average molecular weight is 335 g/mol. The number of hydrogen-bond donors (Lipinski definition) is 0. The van der Waals surface area contributed by atoms with E-state index in [-0.39, 0.29) is 16.2 Å². The highest BCUT2D eigenvalue weighted by Crippen LogP contribution is 2.50. The maximum atomic E-state index is 2.47. The van der Waals surface area contributed by atoms with Crippen LogP contribution in [0.15, 0.2) is 53.6 Å². The Kier molecular flexibility index (Phi) is 4.18. The molecular formula is C25H34. The number of rotatable bonds is 1. The largest absolute Gasteiger partial charge is 0.0798 e. The van der Waals surface area contributed by atoms with E-state index in [2.05, 4.69) is 97.9 Å². The molecule has 0 aliphatic heterocycles. The summed E-state index contributed by atoms with van der Waals surface area (Å²) in [5.41, 5.74) is 7.86. The van der Waals surface area contributed by atoms with Gasteiger partial charge in [-0.15, -0.1) is 0 Å². The van der Waals surface area contributed by atoms with Crippen LogP contribution in [0.4, 0.5) is 0 Å². The molecule has 1 aromatic carbocycles. The van der Waals surface area contributed by atoms with Crippen LogP contribution in [0.1, 0.15) is 84.4 Å². The van der Waals surface area contributed by atoms with E-state index in [0.29, 0.717) is 5.92 Å². The topological polar surface area (TPSA) is 0 Å². The van der Waals surface area contributed by atoms with Crippen molar-refractivity contribution in [2.24, 2.45) is 5.41 Å². The Balaban J connectivity index is 2.22. The van der Waals surface area contributed by atoms with Gasteiger partial charge in [0, 0.05) is 5.92 Å². The molecule has 3 rings (SSSR count). The second-order valence-corrected chi connectivity index (χ2v) is 10.5. The summed E-state index contributed by atoms with van der Waals surface area (Å²) >= 11 is 0. The van der Waals surface area contributed by atoms with Crippen molar-refractivity contribution < 1.29 is 0 Å². The van der Waals surface area contributed by atoms with Crippen LogP contribution in [0.2, 0.25) is 0 Å². The van der Waals surface area contributed by atoms with Crippen LogP contribution in [0, 0.1) is 5.41 Å². The lowest BCUT2D eigenvalue weighted by Crippen LogP contribution is -2.26. The quantitative estimate of drug-likeness (QED) is 0.508. The van der Waals surface area contributed by atoms with Crippen molar-refractivity contribution in [3.05, 3.63) is 70.3 Å². The fraction of sp³-hybridized carbons (Fsp3) is 0.520. The minimum atomic E-state index is 0.138. The fourth-order valence-corrected chi connectivity index (χ4v) is 4.09. The van der Waals surface area contributed by atoms with E-state index in [1.165, 1.54) is 27.8 Å². The van der Waals surface area contributed by atoms with Crippen molar-refractivity contribution >= 4 is 0 Å². The van der Waals surface area contributed by atoms with E-state index in [0.717, 1.165) is 6.42 Å². The van der Waals surface area contributed by atoms with Crippen molar-refractivity contribution in [2.45, 2.75) is 78.6 Å². The molecule has 0 aromatic heterocycles. The van der Waals surface area contributed by atoms with Crippen LogP contribution < -0.4 is 0 Å². The second kappa shape index (κ2) is 5.73. The summed E-state index contributed by atoms with van der Waals surface area (Å²) in [6, 6.07) is 7.37. The predicted molar refractivity (Wildman–Crippen MR) is 110 cm³/mol. The molecule has 0 saturated heterocycles. The molecular weight excluding hydrogens is 300 g/mol. The van der Waals surface area contributed by atoms with Gasteiger partial charge in [0.15, 0.2) is 0 Å². The van der Waals surface area contributed by atoms with Crippen LogP contribution in [0.25, 0.3) is 0 Å². The first-order valence-electron chi connectivity index (χ1n) is 9.64. The standard InChI is InChI=1S/C25H34/c1-23(2,3)19-14-18(15-20(16-19)24(4,5)6)22-21-11-9-10-17(21)12-13-25(22,7)8/h9,11-16,22H,10H2,1-8H3. The maximum Gasteiger partial charge on any atom is 0.0178 e. The van der Waals surface area contributed by atoms with E-state index in [1.54, 1.807) is 0 Å². The van der Waals surface area contributed by atoms with Gasteiger partial charge in [-0.05, 0) is 50.5 Å². The van der Waals surface area contributed by atoms with Gasteiger partial charge in [-0.25, -0.2) is 0 Å². The third-order valence-electron chi connectivity index (χ3n) is 5.80. The Bertz CT molecular complexity index is 735. The van der Waals surface area contributed by atoms with Crippen LogP contribution in [0.3, 0.4) is 0 Å². The molecule has 0 heterocycles. The maximum absolute atomic E-state index is 2.47. The molecule has 0 bridgehead atoms. The Hall–Kier alpha value is -1.56. The number of benzene rings is 1. The molecule has 0 nitrogen and oxygen atoms in total. The summed E-state index contributed by atoms with van der Waals surface area (Å²) in [5.74, 6) is 0.439. The van der Waals surface area contributed by atoms with E-state index in [4.69, 9.17) is 0 Å². The average Bonchev–Trinajstić information content (AvgIpc) is 2.92. The van der Waals surface area contributed by atoms with Gasteiger partial charge in [0.2, 0.25) is 0 Å². The monoisotopic (exact) mass is 334 g/mol. The molecule has 1 unspecified atom stereocenters. The Morgan fingerprint density at radius 2 is 1.40 bits per heavy atom. The van der Waals surface area contributed by atoms with Gasteiger partial charge >= 0.3 is 0 Å². The number of hydrogen-bond acceptors (Lipinski definition) is 0. The van der Waals surface area contributed by atoms with Gasteiger partial charge in [0.05, 0.1) is 0 Å². The summed E-state index contributed by atoms with van der Waals surface area (Å²) in [6.07, 6.45) is 10.5. The molecule has 2 aliphatic rings. The van der Waals surface area contributed by atoms with Crippen LogP contribution in [-0.2, 0) is 10.8 Å². The van der Waals surface area contributed by atoms with Crippen molar-refractivity contribution in [2.75, 3.05) is 0 Å². The summed E-state index contributed by atoms with van der Waals surface area (Å²) < 4.78 is 0. The highest BCUT2D eigenvalue weighted by molar-refractivity contribution is 5.53. The Morgan fingerprint density at radius 1 is 0.840 bits per heavy atom. The second-order valence-electron chi connectivity index (χ2n) is 10.5. The fourth-order valence-electron chi connectivity index (χ4n) is 4.09. The summed E-state index contributed by atoms with van der Waals surface area (Å²) in [4.78, 5) is 0. The van der Waals surface area contributed by atoms with Gasteiger partial charge in [0.25, 0.3) is 0 Å². The Labute approximate surface area is 154 Å². The zero-order valence-corrected chi connectivity index (χ0v) is 17.3. The van der Waals surface area contributed by atoms with Crippen molar-refractivity contribution in [1.82, 2.24) is 0 Å². The molecule has 1 aromatic rings. The normalized spacial score (nSPS) is 22.5. The van der Waals surface area contributed by atoms with Crippen LogP contribution >= 0.6 is 0 Å². The SMILES string of the molecule is CC(C)(C)c1cc(C2C3=C(C=CC2(C)C)CC=C3)cc(C(C)(C)C)c1. The Morgan fingerprint density at radius 3 is 1.92 bits per heavy atom. The van der Waals surface area contributed by atoms with Crippen molar-refractivity contribution in [3.8, 4) is 0 Å². The van der Waals surface area contributed by atoms with Crippen LogP contribution in [0.5, 0.6) is 0 Å². The molecule has 25 heavy (non-hydrogen) atoms. The molecule has 2 aliphatic carbocycles. The first-order chi connectivity index (χ1) is 11.4. The molecule has 1 atom stereocenters. The summed E-state index contributed by atoms with van der Waals surface area (Å²) in [7, 11) is 0. The zero-order chi connectivity index (χ0) is 18.6. The van der Waals surface area contributed by atoms with E-state index >= 15 is 0 Å². The van der Waals surface area contributed by atoms with E-state index < -0.39 is 0 Å². The third-order valence-corrected chi connectivity index (χ3v) is 5.80. The summed E-state index contributed by atoms with van der Waals surface area (Å²) in [5, 5.41) is 0. The minimum Gasteiger partial charge on any atom is -0.0798 e. The smallest absolute Gasteiger partial charge is 0.0178 e.